The Balaban J connectivity index is 0.934. The quantitative estimate of drug-likeness (QED) is 0.172. The fourth-order valence-corrected chi connectivity index (χ4v) is 8.39. The van der Waals surface area contributed by atoms with Crippen molar-refractivity contribution in [2.24, 2.45) is 0 Å². The van der Waals surface area contributed by atoms with Crippen LogP contribution in [0.15, 0.2) is 211 Å². The van der Waals surface area contributed by atoms with Gasteiger partial charge in [0.05, 0.1) is 16.7 Å². The van der Waals surface area contributed by atoms with E-state index in [1.165, 1.54) is 49.3 Å². The van der Waals surface area contributed by atoms with Crippen molar-refractivity contribution in [3.63, 3.8) is 0 Å². The van der Waals surface area contributed by atoms with E-state index in [2.05, 4.69) is 210 Å². The molecule has 0 aliphatic heterocycles. The number of fused-ring (bicyclic) bond motifs is 8. The summed E-state index contributed by atoms with van der Waals surface area (Å²) in [4.78, 5) is 2.31. The number of rotatable bonds is 6. The third-order valence-electron chi connectivity index (χ3n) is 11.0. The fourth-order valence-electron chi connectivity index (χ4n) is 8.39. The fraction of sp³-hybridized carbons (Fsp3) is 0. The van der Waals surface area contributed by atoms with Crippen molar-refractivity contribution in [3.05, 3.63) is 206 Å². The van der Waals surface area contributed by atoms with Crippen LogP contribution in [0.1, 0.15) is 0 Å². The maximum Gasteiger partial charge on any atom is 0.160 e. The van der Waals surface area contributed by atoms with E-state index in [1.807, 2.05) is 6.07 Å². The van der Waals surface area contributed by atoms with Crippen LogP contribution in [-0.2, 0) is 0 Å². The zero-order valence-corrected chi connectivity index (χ0v) is 29.9. The van der Waals surface area contributed by atoms with Crippen LogP contribution < -0.4 is 4.90 Å². The normalized spacial score (nSPS) is 11.6. The lowest BCUT2D eigenvalue weighted by atomic mass is 9.99. The molecule has 9 aromatic carbocycles. The predicted molar refractivity (Wildman–Crippen MR) is 231 cm³/mol. The summed E-state index contributed by atoms with van der Waals surface area (Å²) in [5.74, 6) is 0. The molecule has 0 amide bonds. The SMILES string of the molecule is c1ccc(N(c2ccc(-c3ccc(-c4ccc(-n5c6ccccc6c6ccccc65)cc4)cc3)cc2)c2cc3ccccc3c3c2oc2ccccc23)cc1. The second-order valence-corrected chi connectivity index (χ2v) is 14.1. The topological polar surface area (TPSA) is 21.3 Å². The number of furan rings is 1. The Kier molecular flexibility index (Phi) is 7.17. The average molecular weight is 703 g/mol. The van der Waals surface area contributed by atoms with Crippen molar-refractivity contribution in [1.82, 2.24) is 4.57 Å². The first-order valence-corrected chi connectivity index (χ1v) is 18.8. The van der Waals surface area contributed by atoms with Gasteiger partial charge in [-0.3, -0.25) is 0 Å². The summed E-state index contributed by atoms with van der Waals surface area (Å²) in [5.41, 5.74) is 13.2. The first-order valence-electron chi connectivity index (χ1n) is 18.8. The Labute approximate surface area is 318 Å². The lowest BCUT2D eigenvalue weighted by Crippen LogP contribution is -2.10. The van der Waals surface area contributed by atoms with Crippen LogP contribution in [0, 0.1) is 0 Å². The van der Waals surface area contributed by atoms with Crippen LogP contribution in [0.2, 0.25) is 0 Å². The molecule has 0 saturated heterocycles. The van der Waals surface area contributed by atoms with E-state index in [0.717, 1.165) is 50.3 Å². The molecule has 2 aromatic heterocycles. The molecular formula is C52H34N2O. The zero-order chi connectivity index (χ0) is 36.3. The van der Waals surface area contributed by atoms with Crippen LogP contribution in [-0.4, -0.2) is 4.57 Å². The van der Waals surface area contributed by atoms with Crippen molar-refractivity contribution in [2.75, 3.05) is 4.90 Å². The molecule has 0 bridgehead atoms. The molecule has 0 fully saturated rings. The van der Waals surface area contributed by atoms with Gasteiger partial charge in [-0.1, -0.05) is 146 Å². The number of aromatic nitrogens is 1. The monoisotopic (exact) mass is 702 g/mol. The Bertz CT molecular complexity index is 3120. The van der Waals surface area contributed by atoms with Crippen LogP contribution in [0.4, 0.5) is 17.1 Å². The van der Waals surface area contributed by atoms with Gasteiger partial charge in [0.1, 0.15) is 5.58 Å². The summed E-state index contributed by atoms with van der Waals surface area (Å²) in [6.45, 7) is 0. The van der Waals surface area contributed by atoms with Crippen molar-refractivity contribution >= 4 is 71.6 Å². The highest BCUT2D eigenvalue weighted by molar-refractivity contribution is 6.23. The molecule has 258 valence electrons. The Morgan fingerprint density at radius 2 is 0.855 bits per heavy atom. The van der Waals surface area contributed by atoms with Gasteiger partial charge in [-0.25, -0.2) is 0 Å². The highest BCUT2D eigenvalue weighted by atomic mass is 16.3. The number of nitrogens with zero attached hydrogens (tertiary/aromatic N) is 2. The molecule has 3 nitrogen and oxygen atoms in total. The summed E-state index contributed by atoms with van der Waals surface area (Å²) in [7, 11) is 0. The molecule has 0 atom stereocenters. The molecule has 3 heteroatoms. The van der Waals surface area contributed by atoms with Crippen LogP contribution in [0.5, 0.6) is 0 Å². The molecule has 0 aliphatic rings. The van der Waals surface area contributed by atoms with Crippen LogP contribution >= 0.6 is 0 Å². The lowest BCUT2D eigenvalue weighted by molar-refractivity contribution is 0.669. The van der Waals surface area contributed by atoms with Gasteiger partial charge in [0.15, 0.2) is 5.58 Å². The van der Waals surface area contributed by atoms with E-state index in [9.17, 15) is 0 Å². The Hall–Kier alpha value is -7.36. The summed E-state index contributed by atoms with van der Waals surface area (Å²) >= 11 is 0. The Morgan fingerprint density at radius 3 is 1.49 bits per heavy atom. The van der Waals surface area contributed by atoms with Crippen LogP contribution in [0.3, 0.4) is 0 Å². The Morgan fingerprint density at radius 1 is 0.382 bits per heavy atom. The first kappa shape index (κ1) is 31.2. The van der Waals surface area contributed by atoms with E-state index in [-0.39, 0.29) is 0 Å². The molecular weight excluding hydrogens is 669 g/mol. The van der Waals surface area contributed by atoms with Gasteiger partial charge in [0.25, 0.3) is 0 Å². The summed E-state index contributed by atoms with van der Waals surface area (Å²) in [5, 5.41) is 7.18. The number of hydrogen-bond acceptors (Lipinski definition) is 2. The molecule has 2 heterocycles. The van der Waals surface area contributed by atoms with Crippen molar-refractivity contribution < 1.29 is 4.42 Å². The third kappa shape index (κ3) is 5.13. The molecule has 0 aliphatic carbocycles. The highest BCUT2D eigenvalue weighted by Crippen LogP contribution is 2.45. The van der Waals surface area contributed by atoms with Gasteiger partial charge in [0, 0.05) is 38.6 Å². The van der Waals surface area contributed by atoms with Gasteiger partial charge >= 0.3 is 0 Å². The smallest absolute Gasteiger partial charge is 0.160 e. The van der Waals surface area contributed by atoms with Gasteiger partial charge in [0.2, 0.25) is 0 Å². The van der Waals surface area contributed by atoms with Gasteiger partial charge in [-0.05, 0) is 93.7 Å². The molecule has 0 radical (unpaired) electrons. The summed E-state index contributed by atoms with van der Waals surface area (Å²) < 4.78 is 9.03. The van der Waals surface area contributed by atoms with Crippen molar-refractivity contribution in [2.45, 2.75) is 0 Å². The van der Waals surface area contributed by atoms with E-state index >= 15 is 0 Å². The minimum atomic E-state index is 0.881. The second kappa shape index (κ2) is 12.6. The van der Waals surface area contributed by atoms with Crippen LogP contribution in [0.25, 0.3) is 82.5 Å². The minimum Gasteiger partial charge on any atom is -0.454 e. The maximum absolute atomic E-state index is 6.67. The number of para-hydroxylation sites is 4. The highest BCUT2D eigenvalue weighted by Gasteiger charge is 2.22. The van der Waals surface area contributed by atoms with E-state index < -0.39 is 0 Å². The lowest BCUT2D eigenvalue weighted by Gasteiger charge is -2.26. The maximum atomic E-state index is 6.67. The zero-order valence-electron chi connectivity index (χ0n) is 29.9. The molecule has 0 spiro atoms. The van der Waals surface area contributed by atoms with Crippen molar-refractivity contribution in [1.29, 1.82) is 0 Å². The van der Waals surface area contributed by atoms with Gasteiger partial charge < -0.3 is 13.9 Å². The van der Waals surface area contributed by atoms with E-state index in [4.69, 9.17) is 4.42 Å². The molecule has 11 aromatic rings. The molecule has 11 rings (SSSR count). The standard InChI is InChI=1S/C52H34N2O/c1-2-13-40(14-3-1)53(49-34-39-12-4-5-15-43(39)51-46-18-8-11-21-50(46)55-52(49)51)41-30-26-37(27-31-41)35-22-24-36(25-23-35)38-28-32-42(33-29-38)54-47-19-9-6-16-44(47)45-17-7-10-20-48(45)54/h1-34H. The number of benzene rings is 9. The molecule has 55 heavy (non-hydrogen) atoms. The van der Waals surface area contributed by atoms with Crippen molar-refractivity contribution in [3.8, 4) is 27.9 Å². The number of hydrogen-bond donors (Lipinski definition) is 0. The second-order valence-electron chi connectivity index (χ2n) is 14.1. The van der Waals surface area contributed by atoms with Gasteiger partial charge in [-0.15, -0.1) is 0 Å². The molecule has 0 saturated carbocycles. The summed E-state index contributed by atoms with van der Waals surface area (Å²) in [6, 6.07) is 73.7. The van der Waals surface area contributed by atoms with E-state index in [0.29, 0.717) is 0 Å². The van der Waals surface area contributed by atoms with Gasteiger partial charge in [-0.2, -0.15) is 0 Å². The predicted octanol–water partition coefficient (Wildman–Crippen LogP) is 14.6. The summed E-state index contributed by atoms with van der Waals surface area (Å²) in [6.07, 6.45) is 0. The minimum absolute atomic E-state index is 0.881. The third-order valence-corrected chi connectivity index (χ3v) is 11.0. The first-order chi connectivity index (χ1) is 27.3. The molecule has 0 unspecified atom stereocenters. The van der Waals surface area contributed by atoms with E-state index in [1.54, 1.807) is 0 Å². The molecule has 0 N–H and O–H groups in total. The average Bonchev–Trinajstić information content (AvgIpc) is 3.82. The number of anilines is 3. The largest absolute Gasteiger partial charge is 0.454 e.